The summed E-state index contributed by atoms with van der Waals surface area (Å²) < 4.78 is 0.980. The molecule has 1 aromatic heterocycles. The third-order valence-corrected chi connectivity index (χ3v) is 3.73. The maximum Gasteiger partial charge on any atom is 0.317 e. The van der Waals surface area contributed by atoms with Crippen LogP contribution in [0.5, 0.6) is 0 Å². The molecule has 6 heteroatoms. The van der Waals surface area contributed by atoms with Gasteiger partial charge in [0.15, 0.2) is 0 Å². The van der Waals surface area contributed by atoms with Gasteiger partial charge in [-0.15, -0.1) is 0 Å². The van der Waals surface area contributed by atoms with E-state index in [1.807, 2.05) is 17.0 Å². The average molecular weight is 341 g/mol. The summed E-state index contributed by atoms with van der Waals surface area (Å²) in [5, 5.41) is 2.96. The number of piperazine rings is 1. The normalized spacial score (nSPS) is 15.6. The van der Waals surface area contributed by atoms with Crippen molar-refractivity contribution in [3.8, 4) is 0 Å². The second-order valence-corrected chi connectivity index (χ2v) is 6.30. The van der Waals surface area contributed by atoms with Crippen LogP contribution in [-0.2, 0) is 0 Å². The van der Waals surface area contributed by atoms with Gasteiger partial charge in [0.25, 0.3) is 0 Å². The van der Waals surface area contributed by atoms with Crippen LogP contribution in [0.25, 0.3) is 0 Å². The fourth-order valence-corrected chi connectivity index (χ4v) is 2.33. The maximum absolute atomic E-state index is 12.0. The van der Waals surface area contributed by atoms with Crippen molar-refractivity contribution in [1.82, 2.24) is 15.2 Å². The Kier molecular flexibility index (Phi) is 5.23. The number of halogens is 1. The highest BCUT2D eigenvalue weighted by atomic mass is 79.9. The van der Waals surface area contributed by atoms with Crippen molar-refractivity contribution in [2.24, 2.45) is 5.92 Å². The predicted octanol–water partition coefficient (Wildman–Crippen LogP) is 2.33. The molecule has 5 nitrogen and oxygen atoms in total. The van der Waals surface area contributed by atoms with E-state index in [0.29, 0.717) is 5.92 Å². The van der Waals surface area contributed by atoms with Gasteiger partial charge in [-0.1, -0.05) is 13.8 Å². The van der Waals surface area contributed by atoms with E-state index in [4.69, 9.17) is 0 Å². The number of aromatic nitrogens is 1. The third kappa shape index (κ3) is 4.10. The lowest BCUT2D eigenvalue weighted by molar-refractivity contribution is 0.193. The quantitative estimate of drug-likeness (QED) is 0.918. The monoisotopic (exact) mass is 340 g/mol. The minimum Gasteiger partial charge on any atom is -0.353 e. The van der Waals surface area contributed by atoms with E-state index >= 15 is 0 Å². The van der Waals surface area contributed by atoms with Gasteiger partial charge in [-0.05, 0) is 34.0 Å². The minimum absolute atomic E-state index is 0.0436. The van der Waals surface area contributed by atoms with Crippen LogP contribution in [0.1, 0.15) is 13.8 Å². The van der Waals surface area contributed by atoms with E-state index in [-0.39, 0.29) is 6.03 Å². The van der Waals surface area contributed by atoms with E-state index in [1.54, 1.807) is 6.20 Å². The van der Waals surface area contributed by atoms with Crippen molar-refractivity contribution in [1.29, 1.82) is 0 Å². The molecule has 2 amide bonds. The fraction of sp³-hybridized carbons (Fsp3) is 0.571. The number of anilines is 1. The van der Waals surface area contributed by atoms with E-state index in [0.717, 1.165) is 43.0 Å². The van der Waals surface area contributed by atoms with Gasteiger partial charge in [0.2, 0.25) is 0 Å². The number of nitrogens with one attached hydrogen (secondary N) is 1. The Morgan fingerprint density at radius 1 is 1.35 bits per heavy atom. The maximum atomic E-state index is 12.0. The number of hydrogen-bond donors (Lipinski definition) is 1. The fourth-order valence-electron chi connectivity index (χ4n) is 2.10. The largest absolute Gasteiger partial charge is 0.353 e. The number of urea groups is 1. The first-order chi connectivity index (χ1) is 9.56. The zero-order chi connectivity index (χ0) is 14.5. The van der Waals surface area contributed by atoms with Gasteiger partial charge >= 0.3 is 6.03 Å². The summed E-state index contributed by atoms with van der Waals surface area (Å²) in [6, 6.07) is 4.03. The lowest BCUT2D eigenvalue weighted by Gasteiger charge is -2.35. The van der Waals surface area contributed by atoms with Gasteiger partial charge in [-0.25, -0.2) is 9.78 Å². The van der Waals surface area contributed by atoms with Gasteiger partial charge in [0, 0.05) is 43.4 Å². The molecule has 1 aliphatic heterocycles. The van der Waals surface area contributed by atoms with Crippen LogP contribution in [0, 0.1) is 5.92 Å². The van der Waals surface area contributed by atoms with Gasteiger partial charge in [-0.3, -0.25) is 0 Å². The Labute approximate surface area is 128 Å². The molecule has 0 bridgehead atoms. The molecule has 0 aliphatic carbocycles. The molecular weight excluding hydrogens is 320 g/mol. The summed E-state index contributed by atoms with van der Waals surface area (Å²) in [4.78, 5) is 20.4. The molecule has 0 spiro atoms. The Morgan fingerprint density at radius 3 is 2.60 bits per heavy atom. The molecule has 110 valence electrons. The van der Waals surface area contributed by atoms with Gasteiger partial charge in [-0.2, -0.15) is 0 Å². The first kappa shape index (κ1) is 15.1. The number of nitrogens with zero attached hydrogens (tertiary/aromatic N) is 3. The first-order valence-corrected chi connectivity index (χ1v) is 7.75. The van der Waals surface area contributed by atoms with Gasteiger partial charge < -0.3 is 15.1 Å². The van der Waals surface area contributed by atoms with Crippen LogP contribution < -0.4 is 10.2 Å². The van der Waals surface area contributed by atoms with Crippen molar-refractivity contribution in [2.75, 3.05) is 37.6 Å². The molecule has 0 atom stereocenters. The number of rotatable bonds is 3. The highest BCUT2D eigenvalue weighted by molar-refractivity contribution is 9.10. The van der Waals surface area contributed by atoms with Crippen LogP contribution in [0.4, 0.5) is 10.6 Å². The molecule has 2 heterocycles. The van der Waals surface area contributed by atoms with Crippen molar-refractivity contribution in [3.63, 3.8) is 0 Å². The molecule has 1 aromatic rings. The highest BCUT2D eigenvalue weighted by Crippen LogP contribution is 2.16. The SMILES string of the molecule is CC(C)CNC(=O)N1CCN(c2ccc(Br)cn2)CC1. The number of pyridine rings is 1. The smallest absolute Gasteiger partial charge is 0.317 e. The molecule has 0 unspecified atom stereocenters. The lowest BCUT2D eigenvalue weighted by Crippen LogP contribution is -2.52. The van der Waals surface area contributed by atoms with Gasteiger partial charge in [0.1, 0.15) is 5.82 Å². The van der Waals surface area contributed by atoms with E-state index in [2.05, 4.69) is 45.0 Å². The Bertz CT molecular complexity index is 441. The van der Waals surface area contributed by atoms with Gasteiger partial charge in [0.05, 0.1) is 0 Å². The van der Waals surface area contributed by atoms with Crippen molar-refractivity contribution < 1.29 is 4.79 Å². The molecule has 1 N–H and O–H groups in total. The molecule has 1 fully saturated rings. The Morgan fingerprint density at radius 2 is 2.05 bits per heavy atom. The zero-order valence-corrected chi connectivity index (χ0v) is 13.6. The summed E-state index contributed by atoms with van der Waals surface area (Å²) >= 11 is 3.38. The van der Waals surface area contributed by atoms with Crippen LogP contribution in [0.15, 0.2) is 22.8 Å². The van der Waals surface area contributed by atoms with Crippen LogP contribution in [0.2, 0.25) is 0 Å². The second-order valence-electron chi connectivity index (χ2n) is 5.39. The Hall–Kier alpha value is -1.30. The topological polar surface area (TPSA) is 48.5 Å². The molecule has 1 aliphatic rings. The molecule has 20 heavy (non-hydrogen) atoms. The second kappa shape index (κ2) is 6.92. The van der Waals surface area contributed by atoms with E-state index in [9.17, 15) is 4.79 Å². The molecule has 0 saturated carbocycles. The number of carbonyl (C=O) groups is 1. The molecule has 2 rings (SSSR count). The summed E-state index contributed by atoms with van der Waals surface area (Å²) in [6.45, 7) is 8.04. The summed E-state index contributed by atoms with van der Waals surface area (Å²) in [6.07, 6.45) is 1.80. The van der Waals surface area contributed by atoms with E-state index in [1.165, 1.54) is 0 Å². The third-order valence-electron chi connectivity index (χ3n) is 3.26. The van der Waals surface area contributed by atoms with Crippen molar-refractivity contribution in [3.05, 3.63) is 22.8 Å². The number of carbonyl (C=O) groups excluding carboxylic acids is 1. The van der Waals surface area contributed by atoms with Crippen LogP contribution in [0.3, 0.4) is 0 Å². The number of hydrogen-bond acceptors (Lipinski definition) is 3. The predicted molar refractivity (Wildman–Crippen MR) is 84.0 cm³/mol. The Balaban J connectivity index is 1.83. The summed E-state index contributed by atoms with van der Waals surface area (Å²) in [5.41, 5.74) is 0. The molecule has 0 radical (unpaired) electrons. The lowest BCUT2D eigenvalue weighted by atomic mass is 10.2. The summed E-state index contributed by atoms with van der Waals surface area (Å²) in [7, 11) is 0. The average Bonchev–Trinajstić information content (AvgIpc) is 2.46. The summed E-state index contributed by atoms with van der Waals surface area (Å²) in [5.74, 6) is 1.45. The van der Waals surface area contributed by atoms with E-state index < -0.39 is 0 Å². The van der Waals surface area contributed by atoms with Crippen LogP contribution in [-0.4, -0.2) is 48.6 Å². The number of amides is 2. The highest BCUT2D eigenvalue weighted by Gasteiger charge is 2.21. The van der Waals surface area contributed by atoms with Crippen molar-refractivity contribution >= 4 is 27.8 Å². The molecule has 1 saturated heterocycles. The minimum atomic E-state index is 0.0436. The zero-order valence-electron chi connectivity index (χ0n) is 12.0. The van der Waals surface area contributed by atoms with Crippen LogP contribution >= 0.6 is 15.9 Å². The molecule has 0 aromatic carbocycles. The first-order valence-electron chi connectivity index (χ1n) is 6.95. The standard InChI is InChI=1S/C14H21BrN4O/c1-11(2)9-17-14(20)19-7-5-18(6-8-19)13-4-3-12(15)10-16-13/h3-4,10-11H,5-9H2,1-2H3,(H,17,20). The molecular formula is C14H21BrN4O. The van der Waals surface area contributed by atoms with Crippen molar-refractivity contribution in [2.45, 2.75) is 13.8 Å².